The molecule has 0 aliphatic carbocycles. The van der Waals surface area contributed by atoms with E-state index in [1.54, 1.807) is 11.7 Å². The third-order valence-electron chi connectivity index (χ3n) is 3.97. The van der Waals surface area contributed by atoms with Crippen LogP contribution in [0.15, 0.2) is 18.6 Å². The van der Waals surface area contributed by atoms with E-state index in [1.165, 1.54) is 10.9 Å². The summed E-state index contributed by atoms with van der Waals surface area (Å²) >= 11 is 0. The number of hydrogen-bond donors (Lipinski definition) is 1. The summed E-state index contributed by atoms with van der Waals surface area (Å²) in [6.45, 7) is 1.30. The van der Waals surface area contributed by atoms with Crippen LogP contribution in [0.25, 0.3) is 0 Å². The maximum absolute atomic E-state index is 12.1. The van der Waals surface area contributed by atoms with Gasteiger partial charge in [0, 0.05) is 44.9 Å². The molecule has 1 aliphatic heterocycles. The van der Waals surface area contributed by atoms with Gasteiger partial charge in [0.05, 0.1) is 18.5 Å². The molecule has 8 heteroatoms. The van der Waals surface area contributed by atoms with Crippen molar-refractivity contribution in [2.45, 2.75) is 18.9 Å². The van der Waals surface area contributed by atoms with Crippen LogP contribution in [-0.2, 0) is 18.8 Å². The number of aromatic nitrogens is 5. The van der Waals surface area contributed by atoms with E-state index in [4.69, 9.17) is 4.74 Å². The Morgan fingerprint density at radius 2 is 2.32 bits per heavy atom. The number of aryl methyl sites for hydroxylation is 2. The van der Waals surface area contributed by atoms with Gasteiger partial charge in [-0.2, -0.15) is 5.10 Å². The topological polar surface area (TPSA) is 86.9 Å². The van der Waals surface area contributed by atoms with Gasteiger partial charge >= 0.3 is 0 Å². The first kappa shape index (κ1) is 14.7. The molecular formula is C14H20N6O2. The molecule has 0 unspecified atom stereocenters. The summed E-state index contributed by atoms with van der Waals surface area (Å²) in [6, 6.07) is 0. The van der Waals surface area contributed by atoms with Crippen molar-refractivity contribution in [3.63, 3.8) is 0 Å². The molecule has 0 aromatic carbocycles. The van der Waals surface area contributed by atoms with Crippen molar-refractivity contribution in [2.24, 2.45) is 20.0 Å². The van der Waals surface area contributed by atoms with E-state index >= 15 is 0 Å². The fourth-order valence-electron chi connectivity index (χ4n) is 2.82. The van der Waals surface area contributed by atoms with Gasteiger partial charge in [-0.3, -0.25) is 9.48 Å². The van der Waals surface area contributed by atoms with Crippen molar-refractivity contribution in [3.8, 4) is 0 Å². The molecule has 0 bridgehead atoms. The second-order valence-corrected chi connectivity index (χ2v) is 5.59. The monoisotopic (exact) mass is 304 g/mol. The number of carbonyl (C=O) groups excluding carboxylic acids is 1. The Morgan fingerprint density at radius 3 is 3.00 bits per heavy atom. The van der Waals surface area contributed by atoms with Crippen LogP contribution in [0.2, 0.25) is 0 Å². The zero-order chi connectivity index (χ0) is 15.5. The van der Waals surface area contributed by atoms with E-state index in [-0.39, 0.29) is 17.9 Å². The Labute approximate surface area is 128 Å². The number of ether oxygens (including phenoxy) is 1. The number of carbonyl (C=O) groups is 1. The van der Waals surface area contributed by atoms with Gasteiger partial charge in [-0.25, -0.2) is 4.68 Å². The SMILES string of the molecule is Cn1cc([C@@H]2OCCC[C@H]2CNC(=O)c2cnnn2C)cn1. The van der Waals surface area contributed by atoms with E-state index in [1.807, 2.05) is 19.4 Å². The van der Waals surface area contributed by atoms with Gasteiger partial charge in [-0.05, 0) is 12.8 Å². The van der Waals surface area contributed by atoms with Gasteiger partial charge in [-0.1, -0.05) is 5.21 Å². The lowest BCUT2D eigenvalue weighted by molar-refractivity contribution is -0.0273. The molecule has 22 heavy (non-hydrogen) atoms. The van der Waals surface area contributed by atoms with Crippen LogP contribution in [0.4, 0.5) is 0 Å². The second kappa shape index (κ2) is 6.27. The zero-order valence-electron chi connectivity index (χ0n) is 12.8. The van der Waals surface area contributed by atoms with E-state index < -0.39 is 0 Å². The first-order valence-corrected chi connectivity index (χ1v) is 7.38. The van der Waals surface area contributed by atoms with E-state index in [2.05, 4.69) is 20.7 Å². The predicted molar refractivity (Wildman–Crippen MR) is 78.0 cm³/mol. The molecule has 8 nitrogen and oxygen atoms in total. The van der Waals surface area contributed by atoms with Gasteiger partial charge < -0.3 is 10.1 Å². The summed E-state index contributed by atoms with van der Waals surface area (Å²) in [7, 11) is 3.59. The quantitative estimate of drug-likeness (QED) is 0.886. The smallest absolute Gasteiger partial charge is 0.271 e. The largest absolute Gasteiger partial charge is 0.373 e. The van der Waals surface area contributed by atoms with Crippen LogP contribution in [0.3, 0.4) is 0 Å². The summed E-state index contributed by atoms with van der Waals surface area (Å²) in [6.07, 6.45) is 7.26. The Morgan fingerprint density at radius 1 is 1.45 bits per heavy atom. The van der Waals surface area contributed by atoms with Crippen molar-refractivity contribution in [1.29, 1.82) is 0 Å². The maximum Gasteiger partial charge on any atom is 0.271 e. The Hall–Kier alpha value is -2.22. The van der Waals surface area contributed by atoms with Crippen molar-refractivity contribution in [2.75, 3.05) is 13.2 Å². The molecule has 1 aliphatic rings. The number of rotatable bonds is 4. The molecule has 3 rings (SSSR count). The highest BCUT2D eigenvalue weighted by Gasteiger charge is 2.29. The summed E-state index contributed by atoms with van der Waals surface area (Å²) in [4.78, 5) is 12.1. The first-order valence-electron chi connectivity index (χ1n) is 7.38. The zero-order valence-corrected chi connectivity index (χ0v) is 12.8. The summed E-state index contributed by atoms with van der Waals surface area (Å²) in [5.74, 6) is 0.0751. The lowest BCUT2D eigenvalue weighted by Crippen LogP contribution is -2.35. The summed E-state index contributed by atoms with van der Waals surface area (Å²) in [5, 5.41) is 14.6. The lowest BCUT2D eigenvalue weighted by atomic mass is 9.91. The highest BCUT2D eigenvalue weighted by molar-refractivity contribution is 5.92. The molecule has 2 atom stereocenters. The highest BCUT2D eigenvalue weighted by atomic mass is 16.5. The molecule has 1 fully saturated rings. The number of nitrogens with one attached hydrogen (secondary N) is 1. The van der Waals surface area contributed by atoms with Gasteiger partial charge in [0.25, 0.3) is 5.91 Å². The highest BCUT2D eigenvalue weighted by Crippen LogP contribution is 2.32. The van der Waals surface area contributed by atoms with Crippen LogP contribution in [0, 0.1) is 5.92 Å². The number of nitrogens with zero attached hydrogens (tertiary/aromatic N) is 5. The second-order valence-electron chi connectivity index (χ2n) is 5.59. The van der Waals surface area contributed by atoms with Crippen LogP contribution in [-0.4, -0.2) is 43.8 Å². The fourth-order valence-corrected chi connectivity index (χ4v) is 2.82. The van der Waals surface area contributed by atoms with E-state index in [0.29, 0.717) is 12.2 Å². The Balaban J connectivity index is 1.65. The number of amides is 1. The third-order valence-corrected chi connectivity index (χ3v) is 3.97. The summed E-state index contributed by atoms with van der Waals surface area (Å²) in [5.41, 5.74) is 1.51. The Bertz CT molecular complexity index is 649. The number of hydrogen-bond acceptors (Lipinski definition) is 5. The molecule has 3 heterocycles. The van der Waals surface area contributed by atoms with Crippen LogP contribution in [0.5, 0.6) is 0 Å². The molecule has 1 amide bonds. The molecule has 1 saturated heterocycles. The molecule has 0 spiro atoms. The van der Waals surface area contributed by atoms with Gasteiger partial charge in [0.2, 0.25) is 0 Å². The van der Waals surface area contributed by atoms with Gasteiger partial charge in [-0.15, -0.1) is 5.10 Å². The van der Waals surface area contributed by atoms with Gasteiger partial charge in [0.1, 0.15) is 5.69 Å². The molecule has 118 valence electrons. The maximum atomic E-state index is 12.1. The minimum atomic E-state index is -0.164. The van der Waals surface area contributed by atoms with Crippen molar-refractivity contribution >= 4 is 5.91 Å². The average Bonchev–Trinajstić information content (AvgIpc) is 3.13. The third kappa shape index (κ3) is 3.01. The van der Waals surface area contributed by atoms with Crippen molar-refractivity contribution in [1.82, 2.24) is 30.1 Å². The lowest BCUT2D eigenvalue weighted by Gasteiger charge is -2.31. The molecule has 0 radical (unpaired) electrons. The Kier molecular flexibility index (Phi) is 4.19. The standard InChI is InChI=1S/C14H20N6O2/c1-19-9-11(7-17-19)13-10(4-3-5-22-13)6-15-14(21)12-8-16-18-20(12)2/h7-10,13H,3-6H2,1-2H3,(H,15,21)/t10-,13+/m0/s1. The summed E-state index contributed by atoms with van der Waals surface area (Å²) < 4.78 is 9.13. The minimum absolute atomic E-state index is 0.0209. The molecule has 2 aromatic rings. The van der Waals surface area contributed by atoms with Crippen LogP contribution in [0.1, 0.15) is 35.0 Å². The normalized spacial score (nSPS) is 21.7. The average molecular weight is 304 g/mol. The fraction of sp³-hybridized carbons (Fsp3) is 0.571. The first-order chi connectivity index (χ1) is 10.6. The van der Waals surface area contributed by atoms with Crippen LogP contribution >= 0.6 is 0 Å². The predicted octanol–water partition coefficient (Wildman–Crippen LogP) is 0.446. The molecule has 2 aromatic heterocycles. The van der Waals surface area contributed by atoms with Gasteiger partial charge in [0.15, 0.2) is 0 Å². The van der Waals surface area contributed by atoms with E-state index in [9.17, 15) is 4.79 Å². The molecular weight excluding hydrogens is 284 g/mol. The van der Waals surface area contributed by atoms with E-state index in [0.717, 1.165) is 25.0 Å². The molecule has 0 saturated carbocycles. The van der Waals surface area contributed by atoms with Crippen molar-refractivity contribution in [3.05, 3.63) is 29.8 Å². The van der Waals surface area contributed by atoms with Crippen molar-refractivity contribution < 1.29 is 9.53 Å². The van der Waals surface area contributed by atoms with Crippen LogP contribution < -0.4 is 5.32 Å². The minimum Gasteiger partial charge on any atom is -0.373 e. The molecule has 1 N–H and O–H groups in total.